The van der Waals surface area contributed by atoms with E-state index in [0.29, 0.717) is 21.8 Å². The molecular weight excluding hydrogens is 448 g/mol. The van der Waals surface area contributed by atoms with Crippen molar-refractivity contribution in [2.45, 2.75) is 25.7 Å². The van der Waals surface area contributed by atoms with E-state index < -0.39 is 17.8 Å². The number of carbonyl (C=O) groups excluding carboxylic acids is 3. The normalized spacial score (nSPS) is 13.4. The van der Waals surface area contributed by atoms with Gasteiger partial charge in [0.15, 0.2) is 0 Å². The van der Waals surface area contributed by atoms with Crippen molar-refractivity contribution in [1.29, 1.82) is 0 Å². The Kier molecular flexibility index (Phi) is 6.84. The highest BCUT2D eigenvalue weighted by atomic mass is 32.2. The first-order valence-electron chi connectivity index (χ1n) is 10.9. The predicted molar refractivity (Wildman–Crippen MR) is 134 cm³/mol. The van der Waals surface area contributed by atoms with Crippen LogP contribution in [0.4, 0.5) is 11.4 Å². The summed E-state index contributed by atoms with van der Waals surface area (Å²) in [5.41, 5.74) is 3.43. The Hall–Kier alpha value is -3.84. The Morgan fingerprint density at radius 1 is 0.941 bits per heavy atom. The number of imide groups is 1. The molecule has 1 N–H and O–H groups in total. The number of nitrogens with zero attached hydrogens (tertiary/aromatic N) is 1. The fourth-order valence-corrected chi connectivity index (χ4v) is 4.55. The maximum atomic E-state index is 13.6. The number of benzene rings is 3. The van der Waals surface area contributed by atoms with Gasteiger partial charge >= 0.3 is 5.97 Å². The molecule has 0 bridgehead atoms. The van der Waals surface area contributed by atoms with Gasteiger partial charge in [0.2, 0.25) is 0 Å². The van der Waals surface area contributed by atoms with Gasteiger partial charge in [-0.2, -0.15) is 0 Å². The van der Waals surface area contributed by atoms with E-state index in [9.17, 15) is 14.4 Å². The third kappa shape index (κ3) is 4.61. The van der Waals surface area contributed by atoms with Crippen LogP contribution in [0.2, 0.25) is 0 Å². The summed E-state index contributed by atoms with van der Waals surface area (Å²) in [6, 6.07) is 21.6. The van der Waals surface area contributed by atoms with E-state index in [-0.39, 0.29) is 12.3 Å². The van der Waals surface area contributed by atoms with Crippen LogP contribution in [0.1, 0.15) is 28.4 Å². The lowest BCUT2D eigenvalue weighted by Crippen LogP contribution is -2.33. The summed E-state index contributed by atoms with van der Waals surface area (Å²) in [6.07, 6.45) is 0. The van der Waals surface area contributed by atoms with E-state index in [1.807, 2.05) is 56.3 Å². The van der Waals surface area contributed by atoms with Crippen LogP contribution in [0.3, 0.4) is 0 Å². The molecule has 3 aromatic carbocycles. The zero-order valence-electron chi connectivity index (χ0n) is 19.1. The van der Waals surface area contributed by atoms with Gasteiger partial charge in [-0.3, -0.25) is 9.59 Å². The second kappa shape index (κ2) is 9.97. The van der Waals surface area contributed by atoms with E-state index in [1.54, 1.807) is 37.3 Å². The molecule has 1 aliphatic rings. The lowest BCUT2D eigenvalue weighted by Gasteiger charge is -2.19. The first-order chi connectivity index (χ1) is 16.4. The van der Waals surface area contributed by atoms with Gasteiger partial charge in [0.1, 0.15) is 10.6 Å². The molecule has 0 aromatic heterocycles. The van der Waals surface area contributed by atoms with E-state index in [0.717, 1.165) is 16.0 Å². The number of nitrogens with one attached hydrogen (secondary N) is 1. The molecule has 0 saturated heterocycles. The minimum absolute atomic E-state index is 0.167. The summed E-state index contributed by atoms with van der Waals surface area (Å²) >= 11 is 1.23. The van der Waals surface area contributed by atoms with Crippen molar-refractivity contribution in [3.05, 3.63) is 100 Å². The van der Waals surface area contributed by atoms with Gasteiger partial charge < -0.3 is 10.1 Å². The van der Waals surface area contributed by atoms with Gasteiger partial charge in [0, 0.05) is 10.6 Å². The number of amides is 2. The van der Waals surface area contributed by atoms with E-state index >= 15 is 0 Å². The minimum atomic E-state index is -0.454. The fourth-order valence-electron chi connectivity index (χ4n) is 3.60. The Balaban J connectivity index is 1.75. The third-order valence-corrected chi connectivity index (χ3v) is 6.56. The summed E-state index contributed by atoms with van der Waals surface area (Å²) in [7, 11) is 0. The van der Waals surface area contributed by atoms with Crippen LogP contribution in [-0.4, -0.2) is 24.4 Å². The van der Waals surface area contributed by atoms with Crippen LogP contribution >= 0.6 is 11.8 Å². The maximum Gasteiger partial charge on any atom is 0.338 e. The first-order valence-corrected chi connectivity index (χ1v) is 11.7. The van der Waals surface area contributed by atoms with Gasteiger partial charge in [0.25, 0.3) is 11.8 Å². The molecule has 6 nitrogen and oxygen atoms in total. The molecular formula is C27H24N2O4S. The molecule has 0 fully saturated rings. The van der Waals surface area contributed by atoms with Gasteiger partial charge in [0.05, 0.1) is 17.9 Å². The second-order valence-electron chi connectivity index (χ2n) is 7.71. The van der Waals surface area contributed by atoms with Crippen molar-refractivity contribution in [2.24, 2.45) is 0 Å². The topological polar surface area (TPSA) is 75.7 Å². The average Bonchev–Trinajstić information content (AvgIpc) is 3.06. The average molecular weight is 473 g/mol. The Morgan fingerprint density at radius 2 is 1.68 bits per heavy atom. The molecule has 0 aliphatic carbocycles. The molecule has 34 heavy (non-hydrogen) atoms. The number of carbonyl (C=O) groups is 3. The van der Waals surface area contributed by atoms with Crippen molar-refractivity contribution in [3.63, 3.8) is 0 Å². The van der Waals surface area contributed by atoms with Crippen molar-refractivity contribution >= 4 is 40.9 Å². The van der Waals surface area contributed by atoms with Crippen LogP contribution in [0.15, 0.2) is 88.3 Å². The number of ether oxygens (including phenoxy) is 1. The van der Waals surface area contributed by atoms with Crippen molar-refractivity contribution in [1.82, 2.24) is 0 Å². The van der Waals surface area contributed by atoms with Crippen LogP contribution in [0.25, 0.3) is 0 Å². The highest BCUT2D eigenvalue weighted by Gasteiger charge is 2.41. The number of anilines is 2. The summed E-state index contributed by atoms with van der Waals surface area (Å²) in [4.78, 5) is 41.6. The second-order valence-corrected chi connectivity index (χ2v) is 8.79. The smallest absolute Gasteiger partial charge is 0.338 e. The highest BCUT2D eigenvalue weighted by molar-refractivity contribution is 8.04. The molecule has 0 unspecified atom stereocenters. The molecule has 4 rings (SSSR count). The Bertz CT molecular complexity index is 1300. The van der Waals surface area contributed by atoms with Gasteiger partial charge in [-0.15, -0.1) is 0 Å². The third-order valence-electron chi connectivity index (χ3n) is 5.46. The molecule has 2 amide bonds. The van der Waals surface area contributed by atoms with Crippen LogP contribution < -0.4 is 10.2 Å². The zero-order chi connectivity index (χ0) is 24.2. The monoisotopic (exact) mass is 472 g/mol. The SMILES string of the molecule is CCOC(=O)c1cccc(NC2=C(Sc3ccccc3)C(=O)N(c3cccc(C)c3C)C2=O)c1. The van der Waals surface area contributed by atoms with E-state index in [4.69, 9.17) is 4.74 Å². The molecule has 0 spiro atoms. The standard InChI is InChI=1S/C27H24N2O4S/c1-4-33-27(32)19-11-9-12-20(16-19)28-23-24(34-21-13-6-5-7-14-21)26(31)29(25(23)30)22-15-8-10-17(2)18(22)3/h5-16,28H,4H2,1-3H3. The van der Waals surface area contributed by atoms with Crippen molar-refractivity contribution in [2.75, 3.05) is 16.8 Å². The number of rotatable bonds is 7. The van der Waals surface area contributed by atoms with Gasteiger partial charge in [-0.05, 0) is 68.3 Å². The number of esters is 1. The molecule has 3 aromatic rings. The number of hydrogen-bond donors (Lipinski definition) is 1. The first kappa shape index (κ1) is 23.3. The fraction of sp³-hybridized carbons (Fsp3) is 0.148. The predicted octanol–water partition coefficient (Wildman–Crippen LogP) is 5.47. The molecule has 0 saturated carbocycles. The zero-order valence-corrected chi connectivity index (χ0v) is 19.9. The summed E-state index contributed by atoms with van der Waals surface area (Å²) in [5.74, 6) is -1.29. The maximum absolute atomic E-state index is 13.6. The Labute approximate surface area is 202 Å². The molecule has 0 radical (unpaired) electrons. The summed E-state index contributed by atoms with van der Waals surface area (Å²) < 4.78 is 5.08. The number of hydrogen-bond acceptors (Lipinski definition) is 6. The van der Waals surface area contributed by atoms with Gasteiger partial charge in [-0.1, -0.05) is 48.2 Å². The molecule has 0 atom stereocenters. The summed E-state index contributed by atoms with van der Waals surface area (Å²) in [5, 5.41) is 3.10. The minimum Gasteiger partial charge on any atom is -0.462 e. The van der Waals surface area contributed by atoms with Crippen LogP contribution in [-0.2, 0) is 14.3 Å². The lowest BCUT2D eigenvalue weighted by atomic mass is 10.1. The summed E-state index contributed by atoms with van der Waals surface area (Å²) in [6.45, 7) is 5.83. The van der Waals surface area contributed by atoms with Crippen molar-refractivity contribution in [3.8, 4) is 0 Å². The Morgan fingerprint density at radius 3 is 2.41 bits per heavy atom. The largest absolute Gasteiger partial charge is 0.462 e. The quantitative estimate of drug-likeness (QED) is 0.363. The molecule has 7 heteroatoms. The van der Waals surface area contributed by atoms with E-state index in [1.165, 1.54) is 16.7 Å². The van der Waals surface area contributed by atoms with Gasteiger partial charge in [-0.25, -0.2) is 9.69 Å². The van der Waals surface area contributed by atoms with E-state index in [2.05, 4.69) is 5.32 Å². The van der Waals surface area contributed by atoms with Crippen LogP contribution in [0, 0.1) is 13.8 Å². The molecule has 172 valence electrons. The number of thioether (sulfide) groups is 1. The van der Waals surface area contributed by atoms with Crippen molar-refractivity contribution < 1.29 is 19.1 Å². The highest BCUT2D eigenvalue weighted by Crippen LogP contribution is 2.39. The molecule has 1 heterocycles. The lowest BCUT2D eigenvalue weighted by molar-refractivity contribution is -0.120. The van der Waals surface area contributed by atoms with Crippen LogP contribution in [0.5, 0.6) is 0 Å². The number of aryl methyl sites for hydroxylation is 1. The molecule has 1 aliphatic heterocycles.